The van der Waals surface area contributed by atoms with Gasteiger partial charge in [0.1, 0.15) is 0 Å². The zero-order valence-electron chi connectivity index (χ0n) is 18.7. The number of carbonyl (C=O) groups is 2. The third kappa shape index (κ3) is 6.50. The van der Waals surface area contributed by atoms with Crippen LogP contribution in [0.15, 0.2) is 47.6 Å². The number of hydrogen-bond donors (Lipinski definition) is 2. The minimum absolute atomic E-state index is 0.0678. The van der Waals surface area contributed by atoms with Crippen molar-refractivity contribution in [3.63, 3.8) is 0 Å². The first-order chi connectivity index (χ1) is 15.7. The molecule has 2 aromatic carbocycles. The van der Waals surface area contributed by atoms with Gasteiger partial charge in [0.25, 0.3) is 5.91 Å². The molecule has 7 nitrogen and oxygen atoms in total. The van der Waals surface area contributed by atoms with Gasteiger partial charge in [-0.3, -0.25) is 9.59 Å². The van der Waals surface area contributed by atoms with Crippen LogP contribution in [-0.2, 0) is 11.8 Å². The average Bonchev–Trinajstić information content (AvgIpc) is 3.12. The van der Waals surface area contributed by atoms with Gasteiger partial charge in [-0.25, -0.2) is 0 Å². The van der Waals surface area contributed by atoms with E-state index < -0.39 is 0 Å². The quantitative estimate of drug-likeness (QED) is 0.406. The predicted molar refractivity (Wildman–Crippen MR) is 133 cm³/mol. The smallest absolute Gasteiger partial charge is 0.251 e. The second kappa shape index (κ2) is 11.0. The van der Waals surface area contributed by atoms with Crippen LogP contribution >= 0.6 is 35.0 Å². The Kier molecular flexibility index (Phi) is 8.40. The van der Waals surface area contributed by atoms with E-state index in [1.807, 2.05) is 27.8 Å². The Hall–Kier alpha value is -2.55. The minimum atomic E-state index is -0.356. The van der Waals surface area contributed by atoms with E-state index >= 15 is 0 Å². The second-order valence-corrected chi connectivity index (χ2v) is 9.71. The van der Waals surface area contributed by atoms with Crippen LogP contribution < -0.4 is 10.6 Å². The Labute approximate surface area is 207 Å². The van der Waals surface area contributed by atoms with Crippen molar-refractivity contribution in [1.29, 1.82) is 0 Å². The topological polar surface area (TPSA) is 88.9 Å². The molecule has 2 N–H and O–H groups in total. The van der Waals surface area contributed by atoms with Gasteiger partial charge in [-0.2, -0.15) is 0 Å². The van der Waals surface area contributed by atoms with Crippen molar-refractivity contribution >= 4 is 52.5 Å². The van der Waals surface area contributed by atoms with Crippen LogP contribution in [0.5, 0.6) is 0 Å². The third-order valence-electron chi connectivity index (χ3n) is 5.00. The minimum Gasteiger partial charge on any atom is -0.342 e. The summed E-state index contributed by atoms with van der Waals surface area (Å²) in [6.45, 7) is 5.88. The van der Waals surface area contributed by atoms with Crippen molar-refractivity contribution < 1.29 is 9.59 Å². The summed E-state index contributed by atoms with van der Waals surface area (Å²) in [7, 11) is 1.82. The lowest BCUT2D eigenvalue weighted by atomic mass is 10.0. The number of anilines is 1. The molecule has 0 radical (unpaired) electrons. The molecule has 1 atom stereocenters. The maximum Gasteiger partial charge on any atom is 0.251 e. The number of nitrogens with one attached hydrogen (secondary N) is 2. The van der Waals surface area contributed by atoms with E-state index in [9.17, 15) is 9.59 Å². The molecule has 0 saturated carbocycles. The zero-order chi connectivity index (χ0) is 24.1. The molecule has 1 heterocycles. The van der Waals surface area contributed by atoms with Crippen molar-refractivity contribution in [2.45, 2.75) is 32.0 Å². The number of hydrogen-bond acceptors (Lipinski definition) is 5. The molecule has 0 aliphatic heterocycles. The second-order valence-electron chi connectivity index (χ2n) is 7.90. The summed E-state index contributed by atoms with van der Waals surface area (Å²) in [5.41, 5.74) is 2.11. The molecular weight excluding hydrogens is 481 g/mol. The number of amides is 2. The molecule has 0 spiro atoms. The highest BCUT2D eigenvalue weighted by Crippen LogP contribution is 2.25. The Morgan fingerprint density at radius 1 is 1.06 bits per heavy atom. The standard InChI is InChI=1S/C23H25Cl2N5O2S/c1-13(2)20(27-22(32)15-5-7-16(24)8-6-15)21-28-29-23(30(21)4)33-12-19(31)26-18-10-9-17(25)11-14(18)3/h5-11,13,20H,12H2,1-4H3,(H,26,31)(H,27,32)/t20-/m0/s1. The van der Waals surface area contributed by atoms with Gasteiger partial charge in [0.15, 0.2) is 11.0 Å². The fourth-order valence-electron chi connectivity index (χ4n) is 3.16. The molecule has 0 aliphatic carbocycles. The molecular formula is C23H25Cl2N5O2S. The van der Waals surface area contributed by atoms with Crippen LogP contribution in [0.25, 0.3) is 0 Å². The van der Waals surface area contributed by atoms with Gasteiger partial charge in [-0.1, -0.05) is 48.8 Å². The van der Waals surface area contributed by atoms with Crippen molar-refractivity contribution in [3.8, 4) is 0 Å². The number of aryl methyl sites for hydroxylation is 1. The van der Waals surface area contributed by atoms with E-state index in [4.69, 9.17) is 23.2 Å². The van der Waals surface area contributed by atoms with E-state index in [1.165, 1.54) is 11.8 Å². The maximum atomic E-state index is 12.7. The molecule has 0 bridgehead atoms. The SMILES string of the molecule is Cc1cc(Cl)ccc1NC(=O)CSc1nnc([C@@H](NC(=O)c2ccc(Cl)cc2)C(C)C)n1C. The highest BCUT2D eigenvalue weighted by molar-refractivity contribution is 7.99. The number of thioether (sulfide) groups is 1. The molecule has 3 rings (SSSR count). The molecule has 3 aromatic rings. The summed E-state index contributed by atoms with van der Waals surface area (Å²) in [4.78, 5) is 25.1. The number of carbonyl (C=O) groups excluding carboxylic acids is 2. The average molecular weight is 506 g/mol. The highest BCUT2D eigenvalue weighted by Gasteiger charge is 2.25. The van der Waals surface area contributed by atoms with Gasteiger partial charge in [0.2, 0.25) is 5.91 Å². The van der Waals surface area contributed by atoms with E-state index in [2.05, 4.69) is 20.8 Å². The molecule has 33 heavy (non-hydrogen) atoms. The van der Waals surface area contributed by atoms with Crippen molar-refractivity contribution in [2.24, 2.45) is 13.0 Å². The summed E-state index contributed by atoms with van der Waals surface area (Å²) in [5.74, 6) is 0.464. The number of benzene rings is 2. The third-order valence-corrected chi connectivity index (χ3v) is 6.51. The lowest BCUT2D eigenvalue weighted by Crippen LogP contribution is -2.33. The molecule has 0 fully saturated rings. The fraction of sp³-hybridized carbons (Fsp3) is 0.304. The Bertz CT molecular complexity index is 1150. The number of nitrogens with zero attached hydrogens (tertiary/aromatic N) is 3. The van der Waals surface area contributed by atoms with E-state index in [0.717, 1.165) is 5.56 Å². The van der Waals surface area contributed by atoms with Crippen molar-refractivity contribution in [2.75, 3.05) is 11.1 Å². The van der Waals surface area contributed by atoms with Crippen LogP contribution in [0.3, 0.4) is 0 Å². The van der Waals surface area contributed by atoms with Crippen LogP contribution in [0.2, 0.25) is 10.0 Å². The Morgan fingerprint density at radius 3 is 2.36 bits per heavy atom. The summed E-state index contributed by atoms with van der Waals surface area (Å²) in [6, 6.07) is 11.6. The van der Waals surface area contributed by atoms with Crippen LogP contribution in [-0.4, -0.2) is 32.3 Å². The normalized spacial score (nSPS) is 12.0. The number of aromatic nitrogens is 3. The Balaban J connectivity index is 1.66. The molecule has 0 unspecified atom stereocenters. The van der Waals surface area contributed by atoms with Gasteiger partial charge in [-0.15, -0.1) is 10.2 Å². The number of halogens is 2. The summed E-state index contributed by atoms with van der Waals surface area (Å²) in [6.07, 6.45) is 0. The number of rotatable bonds is 8. The monoisotopic (exact) mass is 505 g/mol. The first-order valence-electron chi connectivity index (χ1n) is 10.3. The predicted octanol–water partition coefficient (Wildman–Crippen LogP) is 5.29. The largest absolute Gasteiger partial charge is 0.342 e. The van der Waals surface area contributed by atoms with Crippen molar-refractivity contribution in [1.82, 2.24) is 20.1 Å². The van der Waals surface area contributed by atoms with Crippen LogP contribution in [0.4, 0.5) is 5.69 Å². The van der Waals surface area contributed by atoms with E-state index in [-0.39, 0.29) is 29.5 Å². The van der Waals surface area contributed by atoms with Crippen LogP contribution in [0.1, 0.15) is 41.6 Å². The van der Waals surface area contributed by atoms with Crippen molar-refractivity contribution in [3.05, 3.63) is 69.5 Å². The van der Waals surface area contributed by atoms with Gasteiger partial charge in [0, 0.05) is 28.3 Å². The first-order valence-corrected chi connectivity index (χ1v) is 12.0. The first kappa shape index (κ1) is 25.1. The highest BCUT2D eigenvalue weighted by atomic mass is 35.5. The molecule has 2 amide bonds. The zero-order valence-corrected chi connectivity index (χ0v) is 21.1. The lowest BCUT2D eigenvalue weighted by molar-refractivity contribution is -0.113. The summed E-state index contributed by atoms with van der Waals surface area (Å²) in [5, 5.41) is 16.2. The molecule has 0 aliphatic rings. The van der Waals surface area contributed by atoms with Gasteiger partial charge >= 0.3 is 0 Å². The summed E-state index contributed by atoms with van der Waals surface area (Å²) < 4.78 is 1.80. The molecule has 0 saturated heterocycles. The van der Waals surface area contributed by atoms with Gasteiger partial charge in [0.05, 0.1) is 11.8 Å². The van der Waals surface area contributed by atoms with E-state index in [1.54, 1.807) is 47.0 Å². The fourth-order valence-corrected chi connectivity index (χ4v) is 4.23. The van der Waals surface area contributed by atoms with Gasteiger partial charge in [-0.05, 0) is 60.9 Å². The van der Waals surface area contributed by atoms with Gasteiger partial charge < -0.3 is 15.2 Å². The molecule has 10 heteroatoms. The Morgan fingerprint density at radius 2 is 1.73 bits per heavy atom. The molecule has 1 aromatic heterocycles. The van der Waals surface area contributed by atoms with Crippen LogP contribution in [0, 0.1) is 12.8 Å². The molecule has 174 valence electrons. The van der Waals surface area contributed by atoms with E-state index in [0.29, 0.717) is 32.3 Å². The maximum absolute atomic E-state index is 12.7. The lowest BCUT2D eigenvalue weighted by Gasteiger charge is -2.21. The summed E-state index contributed by atoms with van der Waals surface area (Å²) >= 11 is 13.2.